The molecule has 0 atom stereocenters. The number of nitriles is 1. The number of hydrogen-bond donors (Lipinski definition) is 0. The van der Waals surface area contributed by atoms with Crippen molar-refractivity contribution >= 4 is 23.6 Å². The lowest BCUT2D eigenvalue weighted by molar-refractivity contribution is -0.125. The van der Waals surface area contributed by atoms with Crippen LogP contribution in [0.3, 0.4) is 0 Å². The molecule has 1 fully saturated rings. The number of aromatic nitrogens is 2. The highest BCUT2D eigenvalue weighted by Gasteiger charge is 2.23. The number of rotatable bonds is 3. The SMILES string of the molecule is Cc1nn(-c2ccccc2)c(Cl)c1/C=C(\C#N)C(=O)N1CCCC1. The van der Waals surface area contributed by atoms with Crippen LogP contribution in [-0.4, -0.2) is 33.7 Å². The highest BCUT2D eigenvalue weighted by Crippen LogP contribution is 2.26. The van der Waals surface area contributed by atoms with E-state index in [-0.39, 0.29) is 11.5 Å². The number of carbonyl (C=O) groups excluding carboxylic acids is 1. The first-order chi connectivity index (χ1) is 11.6. The second-order valence-electron chi connectivity index (χ2n) is 5.71. The number of hydrogen-bond acceptors (Lipinski definition) is 3. The van der Waals surface area contributed by atoms with E-state index in [2.05, 4.69) is 5.10 Å². The van der Waals surface area contributed by atoms with E-state index in [1.54, 1.807) is 15.7 Å². The third kappa shape index (κ3) is 3.06. The summed E-state index contributed by atoms with van der Waals surface area (Å²) in [5.74, 6) is -0.238. The molecule has 0 saturated carbocycles. The van der Waals surface area contributed by atoms with E-state index < -0.39 is 0 Å². The van der Waals surface area contributed by atoms with Gasteiger partial charge in [-0.05, 0) is 38.0 Å². The van der Waals surface area contributed by atoms with Crippen LogP contribution < -0.4 is 0 Å². The summed E-state index contributed by atoms with van der Waals surface area (Å²) in [6, 6.07) is 11.5. The van der Waals surface area contributed by atoms with Gasteiger partial charge in [0, 0.05) is 18.7 Å². The summed E-state index contributed by atoms with van der Waals surface area (Å²) in [5.41, 5.74) is 2.19. The molecule has 1 aromatic carbocycles. The molecule has 1 aromatic heterocycles. The fraction of sp³-hybridized carbons (Fsp3) is 0.278. The molecule has 1 aliphatic rings. The van der Waals surface area contributed by atoms with Crippen LogP contribution >= 0.6 is 11.6 Å². The number of para-hydroxylation sites is 1. The lowest BCUT2D eigenvalue weighted by Gasteiger charge is -2.14. The Balaban J connectivity index is 1.98. The first-order valence-electron chi connectivity index (χ1n) is 7.83. The molecule has 3 rings (SSSR count). The number of aryl methyl sites for hydroxylation is 1. The second kappa shape index (κ2) is 6.90. The molecular formula is C18H17ClN4O. The van der Waals surface area contributed by atoms with Gasteiger partial charge >= 0.3 is 0 Å². The molecule has 6 heteroatoms. The van der Waals surface area contributed by atoms with Crippen LogP contribution in [0.2, 0.25) is 5.15 Å². The van der Waals surface area contributed by atoms with Crippen molar-refractivity contribution in [2.45, 2.75) is 19.8 Å². The molecule has 0 unspecified atom stereocenters. The standard InChI is InChI=1S/C18H17ClN4O/c1-13-16(11-14(12-20)18(24)22-9-5-6-10-22)17(19)23(21-13)15-7-3-2-4-8-15/h2-4,7-8,11H,5-6,9-10H2,1H3/b14-11+. The average molecular weight is 341 g/mol. The molecule has 0 spiro atoms. The Labute approximate surface area is 145 Å². The van der Waals surface area contributed by atoms with Crippen LogP contribution in [0, 0.1) is 18.3 Å². The van der Waals surface area contributed by atoms with Crippen molar-refractivity contribution in [3.05, 3.63) is 52.3 Å². The molecule has 1 saturated heterocycles. The van der Waals surface area contributed by atoms with Crippen molar-refractivity contribution in [2.75, 3.05) is 13.1 Å². The monoisotopic (exact) mass is 340 g/mol. The van der Waals surface area contributed by atoms with E-state index in [9.17, 15) is 10.1 Å². The van der Waals surface area contributed by atoms with Crippen LogP contribution in [0.5, 0.6) is 0 Å². The molecule has 2 heterocycles. The Kier molecular flexibility index (Phi) is 4.68. The molecule has 1 aliphatic heterocycles. The van der Waals surface area contributed by atoms with Crippen LogP contribution in [0.1, 0.15) is 24.1 Å². The lowest BCUT2D eigenvalue weighted by Crippen LogP contribution is -2.28. The number of benzene rings is 1. The van der Waals surface area contributed by atoms with Gasteiger partial charge in [-0.25, -0.2) is 4.68 Å². The quantitative estimate of drug-likeness (QED) is 0.635. The number of likely N-dealkylation sites (tertiary alicyclic amines) is 1. The zero-order valence-electron chi connectivity index (χ0n) is 13.4. The molecule has 5 nitrogen and oxygen atoms in total. The Morgan fingerprint density at radius 1 is 1.29 bits per heavy atom. The van der Waals surface area contributed by atoms with Crippen molar-refractivity contribution in [2.24, 2.45) is 0 Å². The Morgan fingerprint density at radius 2 is 1.96 bits per heavy atom. The summed E-state index contributed by atoms with van der Waals surface area (Å²) in [7, 11) is 0. The van der Waals surface area contributed by atoms with Crippen LogP contribution in [-0.2, 0) is 4.79 Å². The van der Waals surface area contributed by atoms with Gasteiger partial charge in [-0.2, -0.15) is 10.4 Å². The minimum Gasteiger partial charge on any atom is -0.338 e. The largest absolute Gasteiger partial charge is 0.338 e. The number of nitrogens with zero attached hydrogens (tertiary/aromatic N) is 4. The van der Waals surface area contributed by atoms with E-state index in [0.717, 1.165) is 18.5 Å². The molecular weight excluding hydrogens is 324 g/mol. The van der Waals surface area contributed by atoms with Crippen molar-refractivity contribution in [3.63, 3.8) is 0 Å². The predicted molar refractivity (Wildman–Crippen MR) is 92.7 cm³/mol. The molecule has 0 radical (unpaired) electrons. The maximum atomic E-state index is 12.4. The molecule has 0 N–H and O–H groups in total. The van der Waals surface area contributed by atoms with Gasteiger partial charge < -0.3 is 4.90 Å². The maximum absolute atomic E-state index is 12.4. The predicted octanol–water partition coefficient (Wildman–Crippen LogP) is 3.36. The van der Waals surface area contributed by atoms with E-state index in [4.69, 9.17) is 11.6 Å². The van der Waals surface area contributed by atoms with Crippen LogP contribution in [0.15, 0.2) is 35.9 Å². The minimum atomic E-state index is -0.238. The summed E-state index contributed by atoms with van der Waals surface area (Å²) >= 11 is 6.45. The van der Waals surface area contributed by atoms with Crippen LogP contribution in [0.4, 0.5) is 0 Å². The van der Waals surface area contributed by atoms with Crippen LogP contribution in [0.25, 0.3) is 11.8 Å². The second-order valence-corrected chi connectivity index (χ2v) is 6.06. The number of carbonyl (C=O) groups is 1. The van der Waals surface area contributed by atoms with Gasteiger partial charge in [-0.3, -0.25) is 4.79 Å². The zero-order chi connectivity index (χ0) is 17.1. The third-order valence-corrected chi connectivity index (χ3v) is 4.45. The lowest BCUT2D eigenvalue weighted by atomic mass is 10.1. The number of halogens is 1. The van der Waals surface area contributed by atoms with E-state index in [1.807, 2.05) is 43.3 Å². The Hall–Kier alpha value is -2.58. The smallest absolute Gasteiger partial charge is 0.264 e. The van der Waals surface area contributed by atoms with Crippen molar-refractivity contribution < 1.29 is 4.79 Å². The summed E-state index contributed by atoms with van der Waals surface area (Å²) in [6.45, 7) is 3.22. The summed E-state index contributed by atoms with van der Waals surface area (Å²) in [5, 5.41) is 14.2. The zero-order valence-corrected chi connectivity index (χ0v) is 14.1. The van der Waals surface area contributed by atoms with Gasteiger partial charge in [0.2, 0.25) is 0 Å². The Morgan fingerprint density at radius 3 is 2.58 bits per heavy atom. The normalized spacial score (nSPS) is 14.7. The van der Waals surface area contributed by atoms with Crippen molar-refractivity contribution in [3.8, 4) is 11.8 Å². The third-order valence-electron chi connectivity index (χ3n) is 4.08. The van der Waals surface area contributed by atoms with Gasteiger partial charge in [0.15, 0.2) is 0 Å². The molecule has 0 bridgehead atoms. The van der Waals surface area contributed by atoms with Crippen molar-refractivity contribution in [1.82, 2.24) is 14.7 Å². The van der Waals surface area contributed by atoms with Gasteiger partial charge in [0.05, 0.1) is 11.4 Å². The van der Waals surface area contributed by atoms with Gasteiger partial charge in [0.25, 0.3) is 5.91 Å². The van der Waals surface area contributed by atoms with Crippen molar-refractivity contribution in [1.29, 1.82) is 5.26 Å². The van der Waals surface area contributed by atoms with Gasteiger partial charge in [0.1, 0.15) is 16.8 Å². The summed E-state index contributed by atoms with van der Waals surface area (Å²) < 4.78 is 1.61. The Bertz CT molecular complexity index is 827. The fourth-order valence-electron chi connectivity index (χ4n) is 2.79. The first kappa shape index (κ1) is 16.3. The molecule has 122 valence electrons. The molecule has 2 aromatic rings. The number of amides is 1. The van der Waals surface area contributed by atoms with E-state index >= 15 is 0 Å². The topological polar surface area (TPSA) is 61.9 Å². The fourth-order valence-corrected chi connectivity index (χ4v) is 3.12. The molecule has 1 amide bonds. The summed E-state index contributed by atoms with van der Waals surface area (Å²) in [4.78, 5) is 14.2. The van der Waals surface area contributed by atoms with E-state index in [1.165, 1.54) is 0 Å². The highest BCUT2D eigenvalue weighted by molar-refractivity contribution is 6.31. The van der Waals surface area contributed by atoms with Gasteiger partial charge in [-0.15, -0.1) is 0 Å². The maximum Gasteiger partial charge on any atom is 0.264 e. The highest BCUT2D eigenvalue weighted by atomic mass is 35.5. The molecule has 24 heavy (non-hydrogen) atoms. The summed E-state index contributed by atoms with van der Waals surface area (Å²) in [6.07, 6.45) is 3.51. The van der Waals surface area contributed by atoms with Gasteiger partial charge in [-0.1, -0.05) is 29.8 Å². The average Bonchev–Trinajstić information content (AvgIpc) is 3.23. The van der Waals surface area contributed by atoms with E-state index in [0.29, 0.717) is 29.5 Å². The first-order valence-corrected chi connectivity index (χ1v) is 8.21. The minimum absolute atomic E-state index is 0.0921. The molecule has 0 aliphatic carbocycles.